The molecular formula is C75H146O17P2. The van der Waals surface area contributed by atoms with Gasteiger partial charge in [-0.05, 0) is 49.4 Å². The van der Waals surface area contributed by atoms with Crippen LogP contribution < -0.4 is 0 Å². The van der Waals surface area contributed by atoms with Gasteiger partial charge in [0, 0.05) is 25.7 Å². The lowest BCUT2D eigenvalue weighted by Gasteiger charge is -2.21. The van der Waals surface area contributed by atoms with Crippen LogP contribution in [0.4, 0.5) is 0 Å². The predicted molar refractivity (Wildman–Crippen MR) is 381 cm³/mol. The Morgan fingerprint density at radius 3 is 0.755 bits per heavy atom. The van der Waals surface area contributed by atoms with E-state index in [2.05, 4.69) is 55.4 Å². The summed E-state index contributed by atoms with van der Waals surface area (Å²) in [5.74, 6) is 0.917. The van der Waals surface area contributed by atoms with Crippen molar-refractivity contribution in [3.05, 3.63) is 0 Å². The molecule has 7 atom stereocenters. The molecule has 0 radical (unpaired) electrons. The molecule has 0 amide bonds. The molecule has 0 aliphatic heterocycles. The highest BCUT2D eigenvalue weighted by atomic mass is 31.2. The van der Waals surface area contributed by atoms with Gasteiger partial charge in [0.2, 0.25) is 0 Å². The molecule has 0 bridgehead atoms. The average molecular weight is 1380 g/mol. The van der Waals surface area contributed by atoms with Crippen LogP contribution in [0, 0.1) is 23.7 Å². The van der Waals surface area contributed by atoms with E-state index in [1.54, 1.807) is 0 Å². The van der Waals surface area contributed by atoms with E-state index in [9.17, 15) is 43.2 Å². The van der Waals surface area contributed by atoms with Crippen LogP contribution in [0.25, 0.3) is 0 Å². The van der Waals surface area contributed by atoms with Crippen LogP contribution in [0.3, 0.4) is 0 Å². The number of esters is 4. The van der Waals surface area contributed by atoms with Crippen LogP contribution >= 0.6 is 15.6 Å². The second-order valence-electron chi connectivity index (χ2n) is 28.5. The van der Waals surface area contributed by atoms with E-state index in [0.717, 1.165) is 120 Å². The largest absolute Gasteiger partial charge is 0.472 e. The number of hydrogen-bond acceptors (Lipinski definition) is 15. The molecule has 558 valence electrons. The highest BCUT2D eigenvalue weighted by molar-refractivity contribution is 7.47. The smallest absolute Gasteiger partial charge is 0.462 e. The molecule has 0 rings (SSSR count). The first-order valence-corrected chi connectivity index (χ1v) is 41.8. The monoisotopic (exact) mass is 1380 g/mol. The molecule has 19 heteroatoms. The molecule has 0 heterocycles. The van der Waals surface area contributed by atoms with Gasteiger partial charge < -0.3 is 33.8 Å². The van der Waals surface area contributed by atoms with Crippen molar-refractivity contribution < 1.29 is 80.2 Å². The molecule has 0 spiro atoms. The molecule has 3 N–H and O–H groups in total. The van der Waals surface area contributed by atoms with Crippen LogP contribution in [-0.2, 0) is 65.4 Å². The Balaban J connectivity index is 5.16. The molecule has 17 nitrogen and oxygen atoms in total. The number of phosphoric acid groups is 2. The molecule has 0 saturated heterocycles. The van der Waals surface area contributed by atoms with Gasteiger partial charge in [-0.25, -0.2) is 9.13 Å². The van der Waals surface area contributed by atoms with Crippen molar-refractivity contribution in [2.45, 2.75) is 395 Å². The Morgan fingerprint density at radius 2 is 0.511 bits per heavy atom. The molecule has 0 saturated carbocycles. The standard InChI is InChI=1S/C75H146O17P2/c1-9-67(7)53-45-37-29-23-19-17-15-13-11-12-14-16-18-20-24-30-41-49-57-74(79)92-71(62-86-73(78)56-48-40-34-33-38-46-54-68(8)10-2)64-90-94(83,84)88-60-69(76)59-87-93(81,82)89-63-70(61-85-72(77)55-47-39-32-26-28-36-44-52-66(5)6)91-75(80)58-50-42-31-25-21-22-27-35-43-51-65(3)4/h65-71,76H,9-64H2,1-8H3,(H,81,82)(H,83,84)/t67?,68?,69?,70-,71-/m1/s1. The molecule has 0 aromatic carbocycles. The number of aliphatic hydroxyl groups is 1. The summed E-state index contributed by atoms with van der Waals surface area (Å²) in [6.45, 7) is 14.1. The number of aliphatic hydroxyl groups excluding tert-OH is 1. The van der Waals surface area contributed by atoms with Gasteiger partial charge in [0.15, 0.2) is 12.2 Å². The Kier molecular flexibility index (Phi) is 63.1. The van der Waals surface area contributed by atoms with Gasteiger partial charge >= 0.3 is 39.5 Å². The second-order valence-corrected chi connectivity index (χ2v) is 31.4. The highest BCUT2D eigenvalue weighted by Gasteiger charge is 2.30. The van der Waals surface area contributed by atoms with Gasteiger partial charge in [0.25, 0.3) is 0 Å². The minimum atomic E-state index is -4.96. The van der Waals surface area contributed by atoms with E-state index in [-0.39, 0.29) is 25.7 Å². The summed E-state index contributed by atoms with van der Waals surface area (Å²) in [5, 5.41) is 10.6. The number of hydrogen-bond donors (Lipinski definition) is 3. The van der Waals surface area contributed by atoms with Crippen molar-refractivity contribution in [2.24, 2.45) is 23.7 Å². The maximum atomic E-state index is 13.1. The van der Waals surface area contributed by atoms with Gasteiger partial charge in [-0.3, -0.25) is 37.3 Å². The fourth-order valence-electron chi connectivity index (χ4n) is 11.3. The molecular weight excluding hydrogens is 1230 g/mol. The van der Waals surface area contributed by atoms with E-state index in [0.29, 0.717) is 31.6 Å². The zero-order valence-electron chi connectivity index (χ0n) is 61.6. The van der Waals surface area contributed by atoms with E-state index in [4.69, 9.17) is 37.0 Å². The molecule has 5 unspecified atom stereocenters. The first kappa shape index (κ1) is 92.1. The lowest BCUT2D eigenvalue weighted by atomic mass is 9.99. The summed E-state index contributed by atoms with van der Waals surface area (Å²) < 4.78 is 68.4. The molecule has 94 heavy (non-hydrogen) atoms. The Hall–Kier alpha value is -1.94. The van der Waals surface area contributed by atoms with E-state index in [1.165, 1.54) is 167 Å². The molecule has 0 aromatic rings. The number of carbonyl (C=O) groups excluding carboxylic acids is 4. The van der Waals surface area contributed by atoms with Crippen molar-refractivity contribution >= 4 is 39.5 Å². The number of ether oxygens (including phenoxy) is 4. The molecule has 0 aliphatic rings. The zero-order chi connectivity index (χ0) is 69.6. The lowest BCUT2D eigenvalue weighted by Crippen LogP contribution is -2.30. The summed E-state index contributed by atoms with van der Waals surface area (Å²) >= 11 is 0. The Morgan fingerprint density at radius 1 is 0.298 bits per heavy atom. The van der Waals surface area contributed by atoms with Crippen LogP contribution in [-0.4, -0.2) is 96.7 Å². The quantitative estimate of drug-likeness (QED) is 0.0222. The van der Waals surface area contributed by atoms with Crippen LogP contribution in [0.15, 0.2) is 0 Å². The SMILES string of the molecule is CCC(C)CCCCCCCCCCCCCCCCCCCCC(=O)O[C@H](COC(=O)CCCCCCCCC(C)CC)COP(=O)(O)OCC(O)COP(=O)(O)OC[C@@H](COC(=O)CCCCCCCCCC(C)C)OC(=O)CCCCCCCCCCCC(C)C. The summed E-state index contributed by atoms with van der Waals surface area (Å²) in [5.41, 5.74) is 0. The number of rotatable bonds is 72. The third kappa shape index (κ3) is 66.0. The normalized spacial score (nSPS) is 14.7. The van der Waals surface area contributed by atoms with E-state index < -0.39 is 97.5 Å². The van der Waals surface area contributed by atoms with Crippen LogP contribution in [0.5, 0.6) is 0 Å². The van der Waals surface area contributed by atoms with Crippen molar-refractivity contribution in [1.82, 2.24) is 0 Å². The summed E-state index contributed by atoms with van der Waals surface area (Å²) in [6, 6.07) is 0. The minimum Gasteiger partial charge on any atom is -0.462 e. The topological polar surface area (TPSA) is 237 Å². The van der Waals surface area contributed by atoms with Gasteiger partial charge in [-0.1, -0.05) is 325 Å². The highest BCUT2D eigenvalue weighted by Crippen LogP contribution is 2.45. The summed E-state index contributed by atoms with van der Waals surface area (Å²) in [4.78, 5) is 72.7. The minimum absolute atomic E-state index is 0.104. The number of carbonyl (C=O) groups is 4. The maximum absolute atomic E-state index is 13.1. The van der Waals surface area contributed by atoms with Gasteiger partial charge in [0.1, 0.15) is 19.3 Å². The second kappa shape index (κ2) is 64.4. The van der Waals surface area contributed by atoms with Gasteiger partial charge in [0.05, 0.1) is 26.4 Å². The van der Waals surface area contributed by atoms with Gasteiger partial charge in [-0.15, -0.1) is 0 Å². The Labute approximate surface area is 575 Å². The fraction of sp³-hybridized carbons (Fsp3) is 0.947. The third-order valence-electron chi connectivity index (χ3n) is 18.0. The number of phosphoric ester groups is 2. The summed E-state index contributed by atoms with van der Waals surface area (Å²) in [7, 11) is -9.91. The fourth-order valence-corrected chi connectivity index (χ4v) is 12.9. The van der Waals surface area contributed by atoms with E-state index >= 15 is 0 Å². The van der Waals surface area contributed by atoms with Crippen LogP contribution in [0.2, 0.25) is 0 Å². The molecule has 0 aromatic heterocycles. The third-order valence-corrected chi connectivity index (χ3v) is 19.9. The number of unbranched alkanes of at least 4 members (excludes halogenated alkanes) is 36. The van der Waals surface area contributed by atoms with Crippen molar-refractivity contribution in [2.75, 3.05) is 39.6 Å². The Bertz CT molecular complexity index is 1850. The van der Waals surface area contributed by atoms with Gasteiger partial charge in [-0.2, -0.15) is 0 Å². The molecule has 0 fully saturated rings. The molecule has 0 aliphatic carbocycles. The van der Waals surface area contributed by atoms with E-state index in [1.807, 2.05) is 0 Å². The zero-order valence-corrected chi connectivity index (χ0v) is 63.4. The lowest BCUT2D eigenvalue weighted by molar-refractivity contribution is -0.161. The first-order chi connectivity index (χ1) is 45.2. The van der Waals surface area contributed by atoms with Crippen LogP contribution in [0.1, 0.15) is 376 Å². The summed E-state index contributed by atoms with van der Waals surface area (Å²) in [6.07, 6.45) is 48.8. The van der Waals surface area contributed by atoms with Crippen molar-refractivity contribution in [3.63, 3.8) is 0 Å². The first-order valence-electron chi connectivity index (χ1n) is 38.8. The average Bonchev–Trinajstić information content (AvgIpc) is 1.48. The predicted octanol–water partition coefficient (Wildman–Crippen LogP) is 21.7. The van der Waals surface area contributed by atoms with Crippen molar-refractivity contribution in [3.8, 4) is 0 Å². The maximum Gasteiger partial charge on any atom is 0.472 e. The van der Waals surface area contributed by atoms with Crippen molar-refractivity contribution in [1.29, 1.82) is 0 Å².